The number of hydrogen-bond donors (Lipinski definition) is 0. The van der Waals surface area contributed by atoms with Crippen LogP contribution >= 0.6 is 0 Å². The van der Waals surface area contributed by atoms with Crippen molar-refractivity contribution in [2.45, 2.75) is 6.36 Å². The lowest BCUT2D eigenvalue weighted by Gasteiger charge is -2.13. The molecule has 0 bridgehead atoms. The number of nitrogens with zero attached hydrogens (tertiary/aromatic N) is 4. The van der Waals surface area contributed by atoms with E-state index in [0.717, 1.165) is 18.2 Å². The van der Waals surface area contributed by atoms with Crippen molar-refractivity contribution in [3.05, 3.63) is 67.0 Å². The van der Waals surface area contributed by atoms with Crippen molar-refractivity contribution in [1.82, 2.24) is 19.6 Å². The standard InChI is InChI=1S/C18H10F4N4O/c19-15-4-3-12(27-18(20,21)22)9-14(15)17-13(2-1-6-23-17)11-5-7-26-16(8-11)24-10-25-26/h1-10H. The highest BCUT2D eigenvalue weighted by Crippen LogP contribution is 2.35. The van der Waals surface area contributed by atoms with Gasteiger partial charge in [-0.15, -0.1) is 13.2 Å². The third-order valence-electron chi connectivity index (χ3n) is 3.83. The van der Waals surface area contributed by atoms with Crippen LogP contribution in [0.5, 0.6) is 5.75 Å². The zero-order chi connectivity index (χ0) is 19.0. The van der Waals surface area contributed by atoms with E-state index in [9.17, 15) is 17.6 Å². The van der Waals surface area contributed by atoms with E-state index in [0.29, 0.717) is 16.8 Å². The summed E-state index contributed by atoms with van der Waals surface area (Å²) in [5, 5.41) is 4.00. The van der Waals surface area contributed by atoms with Gasteiger partial charge >= 0.3 is 6.36 Å². The zero-order valence-corrected chi connectivity index (χ0v) is 13.5. The van der Waals surface area contributed by atoms with E-state index in [4.69, 9.17) is 0 Å². The summed E-state index contributed by atoms with van der Waals surface area (Å²) in [7, 11) is 0. The Kier molecular flexibility index (Phi) is 3.98. The molecule has 5 nitrogen and oxygen atoms in total. The molecule has 0 unspecified atom stereocenters. The molecule has 4 rings (SSSR count). The smallest absolute Gasteiger partial charge is 0.406 e. The van der Waals surface area contributed by atoms with Gasteiger partial charge < -0.3 is 4.74 Å². The van der Waals surface area contributed by atoms with E-state index in [-0.39, 0.29) is 11.3 Å². The summed E-state index contributed by atoms with van der Waals surface area (Å²) in [6, 6.07) is 9.61. The average molecular weight is 374 g/mol. The van der Waals surface area contributed by atoms with Gasteiger partial charge in [-0.05, 0) is 42.0 Å². The number of fused-ring (bicyclic) bond motifs is 1. The first-order valence-corrected chi connectivity index (χ1v) is 7.71. The van der Waals surface area contributed by atoms with E-state index in [1.165, 1.54) is 12.5 Å². The van der Waals surface area contributed by atoms with E-state index >= 15 is 0 Å². The summed E-state index contributed by atoms with van der Waals surface area (Å²) >= 11 is 0. The first-order valence-electron chi connectivity index (χ1n) is 7.71. The third kappa shape index (κ3) is 3.43. The Balaban J connectivity index is 1.84. The van der Waals surface area contributed by atoms with Crippen molar-refractivity contribution in [2.75, 3.05) is 0 Å². The number of hydrogen-bond acceptors (Lipinski definition) is 4. The normalized spacial score (nSPS) is 11.7. The molecule has 0 atom stereocenters. The summed E-state index contributed by atoms with van der Waals surface area (Å²) in [6.45, 7) is 0. The van der Waals surface area contributed by atoms with Gasteiger partial charge in [0, 0.05) is 23.5 Å². The molecule has 0 aliphatic rings. The summed E-state index contributed by atoms with van der Waals surface area (Å²) in [5.41, 5.74) is 1.85. The predicted octanol–water partition coefficient (Wildman–Crippen LogP) is 4.50. The van der Waals surface area contributed by atoms with Gasteiger partial charge in [-0.25, -0.2) is 13.9 Å². The number of pyridine rings is 2. The summed E-state index contributed by atoms with van der Waals surface area (Å²) in [5.74, 6) is -1.24. The largest absolute Gasteiger partial charge is 0.573 e. The number of rotatable bonds is 3. The molecule has 9 heteroatoms. The molecule has 3 heterocycles. The fourth-order valence-corrected chi connectivity index (χ4v) is 2.72. The lowest BCUT2D eigenvalue weighted by Crippen LogP contribution is -2.17. The Labute approximate surface area is 149 Å². The number of ether oxygens (including phenoxy) is 1. The van der Waals surface area contributed by atoms with Gasteiger partial charge in [0.1, 0.15) is 17.9 Å². The molecular formula is C18H10F4N4O. The van der Waals surface area contributed by atoms with Crippen LogP contribution in [0.4, 0.5) is 17.6 Å². The monoisotopic (exact) mass is 374 g/mol. The first kappa shape index (κ1) is 17.0. The molecule has 1 aromatic carbocycles. The Hall–Kier alpha value is -3.49. The molecule has 0 fully saturated rings. The van der Waals surface area contributed by atoms with Crippen LogP contribution in [0.1, 0.15) is 0 Å². The minimum absolute atomic E-state index is 0.103. The Morgan fingerprint density at radius 1 is 0.963 bits per heavy atom. The maximum atomic E-state index is 14.4. The van der Waals surface area contributed by atoms with Crippen molar-refractivity contribution in [3.8, 4) is 28.1 Å². The van der Waals surface area contributed by atoms with Crippen molar-refractivity contribution < 1.29 is 22.3 Å². The fraction of sp³-hybridized carbons (Fsp3) is 0.0556. The molecule has 0 aliphatic carbocycles. The van der Waals surface area contributed by atoms with Crippen LogP contribution in [-0.2, 0) is 0 Å². The van der Waals surface area contributed by atoms with E-state index in [2.05, 4.69) is 19.8 Å². The summed E-state index contributed by atoms with van der Waals surface area (Å²) in [4.78, 5) is 8.26. The van der Waals surface area contributed by atoms with Crippen molar-refractivity contribution in [3.63, 3.8) is 0 Å². The molecule has 0 N–H and O–H groups in total. The fourth-order valence-electron chi connectivity index (χ4n) is 2.72. The van der Waals surface area contributed by atoms with E-state index in [1.54, 1.807) is 35.0 Å². The molecule has 0 amide bonds. The Morgan fingerprint density at radius 2 is 1.81 bits per heavy atom. The SMILES string of the molecule is Fc1ccc(OC(F)(F)F)cc1-c1ncccc1-c1ccn2ncnc2c1. The second-order valence-electron chi connectivity index (χ2n) is 5.57. The topological polar surface area (TPSA) is 52.3 Å². The molecule has 136 valence electrons. The van der Waals surface area contributed by atoms with Gasteiger partial charge in [0.05, 0.1) is 5.69 Å². The van der Waals surface area contributed by atoms with Crippen LogP contribution in [0.15, 0.2) is 61.2 Å². The zero-order valence-electron chi connectivity index (χ0n) is 13.5. The molecule has 27 heavy (non-hydrogen) atoms. The number of alkyl halides is 3. The van der Waals surface area contributed by atoms with Gasteiger partial charge in [-0.2, -0.15) is 5.10 Å². The first-order chi connectivity index (χ1) is 12.9. The minimum atomic E-state index is -4.87. The molecule has 0 radical (unpaired) electrons. The Bertz CT molecular complexity index is 1120. The Morgan fingerprint density at radius 3 is 2.63 bits per heavy atom. The van der Waals surface area contributed by atoms with Crippen LogP contribution in [0, 0.1) is 5.82 Å². The van der Waals surface area contributed by atoms with Gasteiger partial charge in [0.15, 0.2) is 5.65 Å². The molecule has 0 aliphatic heterocycles. The lowest BCUT2D eigenvalue weighted by atomic mass is 9.99. The molecule has 3 aromatic heterocycles. The second kappa shape index (κ2) is 6.35. The van der Waals surface area contributed by atoms with Gasteiger partial charge in [0.2, 0.25) is 0 Å². The number of halogens is 4. The predicted molar refractivity (Wildman–Crippen MR) is 88.3 cm³/mol. The lowest BCUT2D eigenvalue weighted by molar-refractivity contribution is -0.274. The second-order valence-corrected chi connectivity index (χ2v) is 5.57. The van der Waals surface area contributed by atoms with Crippen LogP contribution in [-0.4, -0.2) is 25.9 Å². The highest BCUT2D eigenvalue weighted by molar-refractivity contribution is 5.82. The van der Waals surface area contributed by atoms with Crippen molar-refractivity contribution >= 4 is 5.65 Å². The summed E-state index contributed by atoms with van der Waals surface area (Å²) in [6.07, 6.45) is -0.374. The molecule has 0 saturated carbocycles. The molecule has 0 saturated heterocycles. The van der Waals surface area contributed by atoms with Crippen LogP contribution in [0.3, 0.4) is 0 Å². The van der Waals surface area contributed by atoms with E-state index < -0.39 is 17.9 Å². The molecule has 0 spiro atoms. The van der Waals surface area contributed by atoms with Crippen LogP contribution in [0.25, 0.3) is 28.0 Å². The third-order valence-corrected chi connectivity index (χ3v) is 3.83. The minimum Gasteiger partial charge on any atom is -0.406 e. The quantitative estimate of drug-likeness (QED) is 0.496. The highest BCUT2D eigenvalue weighted by Gasteiger charge is 2.31. The van der Waals surface area contributed by atoms with Crippen LogP contribution in [0.2, 0.25) is 0 Å². The number of benzene rings is 1. The van der Waals surface area contributed by atoms with Gasteiger partial charge in [-0.3, -0.25) is 4.98 Å². The average Bonchev–Trinajstić information content (AvgIpc) is 3.10. The molecular weight excluding hydrogens is 364 g/mol. The maximum absolute atomic E-state index is 14.4. The maximum Gasteiger partial charge on any atom is 0.573 e. The number of aromatic nitrogens is 4. The molecule has 4 aromatic rings. The summed E-state index contributed by atoms with van der Waals surface area (Å²) < 4.78 is 57.3. The van der Waals surface area contributed by atoms with Crippen molar-refractivity contribution in [1.29, 1.82) is 0 Å². The van der Waals surface area contributed by atoms with E-state index in [1.807, 2.05) is 0 Å². The highest BCUT2D eigenvalue weighted by atomic mass is 19.4. The van der Waals surface area contributed by atoms with Gasteiger partial charge in [-0.1, -0.05) is 6.07 Å². The van der Waals surface area contributed by atoms with Gasteiger partial charge in [0.25, 0.3) is 0 Å². The van der Waals surface area contributed by atoms with Crippen LogP contribution < -0.4 is 4.74 Å². The van der Waals surface area contributed by atoms with Crippen molar-refractivity contribution in [2.24, 2.45) is 0 Å².